The monoisotopic (exact) mass is 513 g/mol. The number of nitrogens with one attached hydrogen (secondary N) is 1. The van der Waals surface area contributed by atoms with Crippen molar-refractivity contribution in [1.82, 2.24) is 5.32 Å². The van der Waals surface area contributed by atoms with Crippen LogP contribution in [0.15, 0.2) is 36.4 Å². The molecule has 1 saturated carbocycles. The van der Waals surface area contributed by atoms with Crippen LogP contribution in [0.4, 0.5) is 22.0 Å². The number of benzene rings is 2. The summed E-state index contributed by atoms with van der Waals surface area (Å²) in [4.78, 5) is 24.1. The number of hydrogen-bond donors (Lipinski definition) is 1. The minimum absolute atomic E-state index is 0.0851. The van der Waals surface area contributed by atoms with E-state index in [0.717, 1.165) is 12.1 Å². The quantitative estimate of drug-likeness (QED) is 0.370. The van der Waals surface area contributed by atoms with Crippen LogP contribution in [0.2, 0.25) is 5.02 Å². The third-order valence-electron chi connectivity index (χ3n) is 4.97. The molecule has 2 aromatic carbocycles. The highest BCUT2D eigenvalue weighted by Crippen LogP contribution is 2.65. The third-order valence-corrected chi connectivity index (χ3v) is 6.13. The van der Waals surface area contributed by atoms with Crippen LogP contribution in [0.3, 0.4) is 0 Å². The molecule has 1 amide bonds. The fraction of sp³-hybridized carbons (Fsp3) is 0.333. The van der Waals surface area contributed by atoms with Crippen molar-refractivity contribution in [3.05, 3.63) is 69.7 Å². The fourth-order valence-electron chi connectivity index (χ4n) is 3.52. The molecule has 0 saturated heterocycles. The van der Waals surface area contributed by atoms with E-state index < -0.39 is 52.9 Å². The molecule has 11 heteroatoms. The largest absolute Gasteiger partial charge is 0.397 e. The molecule has 2 aromatic rings. The van der Waals surface area contributed by atoms with E-state index in [9.17, 15) is 31.5 Å². The zero-order valence-electron chi connectivity index (χ0n) is 16.1. The van der Waals surface area contributed by atoms with Crippen LogP contribution in [0.5, 0.6) is 0 Å². The summed E-state index contributed by atoms with van der Waals surface area (Å²) in [5.41, 5.74) is 0.632. The lowest BCUT2D eigenvalue weighted by Gasteiger charge is -2.10. The number of halogens is 8. The molecule has 0 aromatic heterocycles. The second kappa shape index (κ2) is 9.15. The Morgan fingerprint density at radius 3 is 2.38 bits per heavy atom. The molecule has 3 nitrogen and oxygen atoms in total. The second-order valence-corrected chi connectivity index (χ2v) is 9.35. The van der Waals surface area contributed by atoms with Gasteiger partial charge in [0.2, 0.25) is 5.91 Å². The van der Waals surface area contributed by atoms with Crippen molar-refractivity contribution in [3.63, 3.8) is 0 Å². The van der Waals surface area contributed by atoms with Gasteiger partial charge in [0.05, 0.1) is 5.92 Å². The van der Waals surface area contributed by atoms with E-state index in [0.29, 0.717) is 11.1 Å². The van der Waals surface area contributed by atoms with Gasteiger partial charge in [-0.1, -0.05) is 23.7 Å². The van der Waals surface area contributed by atoms with Gasteiger partial charge in [0, 0.05) is 29.5 Å². The van der Waals surface area contributed by atoms with E-state index in [1.54, 1.807) is 0 Å². The fourth-order valence-corrected chi connectivity index (χ4v) is 4.62. The number of ketones is 1. The summed E-state index contributed by atoms with van der Waals surface area (Å²) in [6.45, 7) is -0.481. The van der Waals surface area contributed by atoms with E-state index in [1.807, 2.05) is 5.32 Å². The van der Waals surface area contributed by atoms with Gasteiger partial charge < -0.3 is 5.32 Å². The second-order valence-electron chi connectivity index (χ2n) is 7.47. The average Bonchev–Trinajstić information content (AvgIpc) is 3.22. The Morgan fingerprint density at radius 1 is 1.06 bits per heavy atom. The third kappa shape index (κ3) is 5.91. The van der Waals surface area contributed by atoms with Crippen LogP contribution < -0.4 is 5.32 Å². The van der Waals surface area contributed by atoms with Crippen molar-refractivity contribution >= 4 is 46.5 Å². The topological polar surface area (TPSA) is 46.2 Å². The summed E-state index contributed by atoms with van der Waals surface area (Å²) < 4.78 is 62.9. The number of carbonyl (C=O) groups is 2. The highest BCUT2D eigenvalue weighted by Gasteiger charge is 2.67. The molecule has 32 heavy (non-hydrogen) atoms. The number of alkyl halides is 5. The van der Waals surface area contributed by atoms with Gasteiger partial charge in [-0.15, -0.1) is 23.2 Å². The van der Waals surface area contributed by atoms with Crippen LogP contribution in [-0.4, -0.2) is 22.2 Å². The number of hydrogen-bond acceptors (Lipinski definition) is 2. The summed E-state index contributed by atoms with van der Waals surface area (Å²) in [7, 11) is 0. The number of amides is 1. The molecule has 0 radical (unpaired) electrons. The normalized spacial score (nSPS) is 19.5. The van der Waals surface area contributed by atoms with Crippen molar-refractivity contribution in [2.45, 2.75) is 35.8 Å². The highest BCUT2D eigenvalue weighted by atomic mass is 35.5. The minimum Gasteiger partial charge on any atom is -0.352 e. The van der Waals surface area contributed by atoms with Crippen LogP contribution in [-0.2, 0) is 22.6 Å². The molecule has 1 fully saturated rings. The van der Waals surface area contributed by atoms with Crippen LogP contribution in [0.25, 0.3) is 0 Å². The summed E-state index contributed by atoms with van der Waals surface area (Å²) in [6.07, 6.45) is -6.57. The van der Waals surface area contributed by atoms with Gasteiger partial charge in [0.1, 0.15) is 28.2 Å². The Bertz CT molecular complexity index is 1040. The van der Waals surface area contributed by atoms with Gasteiger partial charge in [-0.2, -0.15) is 13.2 Å². The van der Waals surface area contributed by atoms with Gasteiger partial charge in [-0.05, 0) is 35.4 Å². The predicted molar refractivity (Wildman–Crippen MR) is 110 cm³/mol. The summed E-state index contributed by atoms with van der Waals surface area (Å²) in [5, 5.41) is 2.11. The first-order valence-corrected chi connectivity index (χ1v) is 10.4. The van der Waals surface area contributed by atoms with Gasteiger partial charge >= 0.3 is 6.18 Å². The van der Waals surface area contributed by atoms with Gasteiger partial charge in [0.15, 0.2) is 0 Å². The summed E-state index contributed by atoms with van der Waals surface area (Å²) in [5.74, 6) is -4.60. The molecule has 3 rings (SSSR count). The maximum Gasteiger partial charge on any atom is 0.397 e. The molecule has 0 spiro atoms. The van der Waals surface area contributed by atoms with E-state index >= 15 is 0 Å². The van der Waals surface area contributed by atoms with E-state index in [4.69, 9.17) is 34.8 Å². The van der Waals surface area contributed by atoms with E-state index in [1.165, 1.54) is 24.3 Å². The molecule has 1 aliphatic rings. The lowest BCUT2D eigenvalue weighted by Crippen LogP contribution is -2.28. The predicted octanol–water partition coefficient (Wildman–Crippen LogP) is 5.89. The van der Waals surface area contributed by atoms with Crippen LogP contribution in [0, 0.1) is 17.6 Å². The van der Waals surface area contributed by atoms with E-state index in [2.05, 4.69) is 0 Å². The highest BCUT2D eigenvalue weighted by molar-refractivity contribution is 6.53. The average molecular weight is 515 g/mol. The number of carbonyl (C=O) groups excluding carboxylic acids is 2. The summed E-state index contributed by atoms with van der Waals surface area (Å²) >= 11 is 18.3. The van der Waals surface area contributed by atoms with Gasteiger partial charge in [-0.25, -0.2) is 8.78 Å². The maximum atomic E-state index is 14.0. The first kappa shape index (κ1) is 24.7. The maximum absolute atomic E-state index is 14.0. The Labute approximate surface area is 194 Å². The molecule has 0 bridgehead atoms. The zero-order valence-corrected chi connectivity index (χ0v) is 18.3. The van der Waals surface area contributed by atoms with Crippen molar-refractivity contribution in [2.24, 2.45) is 5.92 Å². The minimum atomic E-state index is -4.68. The van der Waals surface area contributed by atoms with Crippen molar-refractivity contribution in [1.29, 1.82) is 0 Å². The molecule has 0 heterocycles. The first-order valence-electron chi connectivity index (χ1n) is 9.25. The first-order chi connectivity index (χ1) is 14.8. The molecule has 2 unspecified atom stereocenters. The molecule has 2 atom stereocenters. The zero-order chi connectivity index (χ0) is 23.8. The molecular weight excluding hydrogens is 500 g/mol. The Balaban J connectivity index is 1.69. The van der Waals surface area contributed by atoms with E-state index in [-0.39, 0.29) is 22.8 Å². The molecule has 0 aliphatic heterocycles. The summed E-state index contributed by atoms with van der Waals surface area (Å²) in [6, 6.07) is 7.38. The Hall–Kier alpha value is -1.90. The molecule has 1 N–H and O–H groups in total. The van der Waals surface area contributed by atoms with Crippen LogP contribution >= 0.6 is 34.8 Å². The lowest BCUT2D eigenvalue weighted by molar-refractivity contribution is -0.153. The van der Waals surface area contributed by atoms with Gasteiger partial charge in [-0.3, -0.25) is 9.59 Å². The van der Waals surface area contributed by atoms with Crippen molar-refractivity contribution in [2.75, 3.05) is 0 Å². The number of Topliss-reactive ketones (excluding diaryl/α,β-unsaturated/α-hetero) is 1. The standard InChI is InChI=1S/C21H15Cl3F5NO2/c22-13-5-11(6-14(25)7-13)18-19(21(18,23)24)16(31)4-10-1-2-15(26)12(3-10)9-30-17(32)8-20(27,28)29/h1-3,5-7,18-19H,4,8-9H2,(H,30,32). The molecular formula is C21H15Cl3F5NO2. The van der Waals surface area contributed by atoms with Crippen molar-refractivity contribution < 1.29 is 31.5 Å². The Morgan fingerprint density at radius 2 is 1.75 bits per heavy atom. The number of rotatable bonds is 7. The SMILES string of the molecule is O=C(CC(F)(F)F)NCc1cc(CC(=O)C2C(c3cc(F)cc(Cl)c3)C2(Cl)Cl)ccc1F. The van der Waals surface area contributed by atoms with Crippen LogP contribution in [0.1, 0.15) is 29.0 Å². The Kier molecular flexibility index (Phi) is 7.08. The van der Waals surface area contributed by atoms with Gasteiger partial charge in [0.25, 0.3) is 0 Å². The smallest absolute Gasteiger partial charge is 0.352 e. The molecule has 172 valence electrons. The lowest BCUT2D eigenvalue weighted by atomic mass is 10.0. The molecule has 1 aliphatic carbocycles. The van der Waals surface area contributed by atoms with Crippen molar-refractivity contribution in [3.8, 4) is 0 Å².